The van der Waals surface area contributed by atoms with Crippen molar-refractivity contribution < 1.29 is 9.53 Å². The van der Waals surface area contributed by atoms with Crippen molar-refractivity contribution in [2.45, 2.75) is 6.92 Å². The van der Waals surface area contributed by atoms with Crippen LogP contribution < -0.4 is 15.4 Å². The number of aromatic nitrogens is 1. The van der Waals surface area contributed by atoms with E-state index in [1.54, 1.807) is 25.4 Å². The Morgan fingerprint density at radius 2 is 1.76 bits per heavy atom. The van der Waals surface area contributed by atoms with Gasteiger partial charge in [0.15, 0.2) is 0 Å². The van der Waals surface area contributed by atoms with Crippen LogP contribution in [0.4, 0.5) is 17.2 Å². The maximum Gasteiger partial charge on any atom is 0.256 e. The number of nitrogens with zero attached hydrogens (tertiary/aromatic N) is 1. The molecule has 0 radical (unpaired) electrons. The molecule has 1 aromatic heterocycles. The van der Waals surface area contributed by atoms with Crippen LogP contribution >= 0.6 is 0 Å². The van der Waals surface area contributed by atoms with E-state index >= 15 is 0 Å². The third-order valence-electron chi connectivity index (χ3n) is 3.66. The van der Waals surface area contributed by atoms with Crippen molar-refractivity contribution in [2.75, 3.05) is 17.7 Å². The summed E-state index contributed by atoms with van der Waals surface area (Å²) >= 11 is 0. The lowest BCUT2D eigenvalue weighted by Gasteiger charge is -2.09. The van der Waals surface area contributed by atoms with Gasteiger partial charge in [0.25, 0.3) is 5.91 Å². The van der Waals surface area contributed by atoms with Crippen molar-refractivity contribution in [3.8, 4) is 5.75 Å². The summed E-state index contributed by atoms with van der Waals surface area (Å²) in [5, 5.41) is 6.04. The topological polar surface area (TPSA) is 63.2 Å². The minimum absolute atomic E-state index is 0.174. The Labute approximate surface area is 146 Å². The molecule has 0 aliphatic heterocycles. The lowest BCUT2D eigenvalue weighted by molar-refractivity contribution is 0.102. The first-order valence-corrected chi connectivity index (χ1v) is 7.89. The fourth-order valence-corrected chi connectivity index (χ4v) is 2.36. The Bertz CT molecular complexity index is 859. The molecule has 5 heteroatoms. The fourth-order valence-electron chi connectivity index (χ4n) is 2.36. The Balaban J connectivity index is 1.64. The standard InChI is InChI=1S/C20H19N3O2/c1-14-4-3-5-15(12-14)20(24)23-19-11-8-17(13-21-19)22-16-6-9-18(25-2)10-7-16/h3-13,22H,1-2H3,(H,21,23,24). The van der Waals surface area contributed by atoms with Gasteiger partial charge in [-0.15, -0.1) is 0 Å². The van der Waals surface area contributed by atoms with Crippen LogP contribution in [0, 0.1) is 6.92 Å². The van der Waals surface area contributed by atoms with Crippen LogP contribution in [0.5, 0.6) is 5.75 Å². The molecule has 0 aliphatic rings. The summed E-state index contributed by atoms with van der Waals surface area (Å²) in [5.74, 6) is 1.14. The van der Waals surface area contributed by atoms with Gasteiger partial charge in [-0.2, -0.15) is 0 Å². The number of rotatable bonds is 5. The number of hydrogen-bond donors (Lipinski definition) is 2. The summed E-state index contributed by atoms with van der Waals surface area (Å²) in [7, 11) is 1.64. The van der Waals surface area contributed by atoms with Gasteiger partial charge in [0.2, 0.25) is 0 Å². The molecule has 0 saturated carbocycles. The monoisotopic (exact) mass is 333 g/mol. The molecule has 2 aromatic carbocycles. The number of carbonyl (C=O) groups excluding carboxylic acids is 1. The molecule has 25 heavy (non-hydrogen) atoms. The Morgan fingerprint density at radius 3 is 2.40 bits per heavy atom. The van der Waals surface area contributed by atoms with Crippen molar-refractivity contribution in [3.05, 3.63) is 78.0 Å². The Morgan fingerprint density at radius 1 is 1.00 bits per heavy atom. The first-order chi connectivity index (χ1) is 12.1. The van der Waals surface area contributed by atoms with E-state index in [9.17, 15) is 4.79 Å². The second-order valence-corrected chi connectivity index (χ2v) is 5.61. The summed E-state index contributed by atoms with van der Waals surface area (Å²) in [6, 6.07) is 18.7. The second kappa shape index (κ2) is 7.49. The van der Waals surface area contributed by atoms with E-state index in [2.05, 4.69) is 15.6 Å². The van der Waals surface area contributed by atoms with Crippen molar-refractivity contribution in [2.24, 2.45) is 0 Å². The zero-order valence-electron chi connectivity index (χ0n) is 14.1. The molecule has 0 atom stereocenters. The number of amides is 1. The van der Waals surface area contributed by atoms with Gasteiger partial charge in [-0.05, 0) is 55.5 Å². The number of pyridine rings is 1. The second-order valence-electron chi connectivity index (χ2n) is 5.61. The third kappa shape index (κ3) is 4.35. The quantitative estimate of drug-likeness (QED) is 0.727. The summed E-state index contributed by atoms with van der Waals surface area (Å²) < 4.78 is 5.14. The van der Waals surface area contributed by atoms with Crippen LogP contribution in [0.2, 0.25) is 0 Å². The first-order valence-electron chi connectivity index (χ1n) is 7.89. The molecule has 3 rings (SSSR count). The van der Waals surface area contributed by atoms with Crippen molar-refractivity contribution in [1.29, 1.82) is 0 Å². The van der Waals surface area contributed by atoms with Crippen LogP contribution in [0.3, 0.4) is 0 Å². The predicted octanol–water partition coefficient (Wildman–Crippen LogP) is 4.39. The molecule has 0 spiro atoms. The molecule has 1 heterocycles. The SMILES string of the molecule is COc1ccc(Nc2ccc(NC(=O)c3cccc(C)c3)nc2)cc1. The highest BCUT2D eigenvalue weighted by molar-refractivity contribution is 6.03. The highest BCUT2D eigenvalue weighted by Gasteiger charge is 2.07. The largest absolute Gasteiger partial charge is 0.497 e. The number of benzene rings is 2. The van der Waals surface area contributed by atoms with Crippen LogP contribution in [-0.2, 0) is 0 Å². The molecule has 0 saturated heterocycles. The van der Waals surface area contributed by atoms with Gasteiger partial charge in [0.05, 0.1) is 19.0 Å². The van der Waals surface area contributed by atoms with Gasteiger partial charge in [-0.25, -0.2) is 4.98 Å². The molecular weight excluding hydrogens is 314 g/mol. The first kappa shape index (κ1) is 16.5. The number of ether oxygens (including phenoxy) is 1. The summed E-state index contributed by atoms with van der Waals surface area (Å²) in [4.78, 5) is 16.5. The number of aryl methyl sites for hydroxylation is 1. The van der Waals surface area contributed by atoms with Crippen LogP contribution in [-0.4, -0.2) is 18.0 Å². The highest BCUT2D eigenvalue weighted by Crippen LogP contribution is 2.20. The summed E-state index contributed by atoms with van der Waals surface area (Å²) in [5.41, 5.74) is 3.42. The van der Waals surface area contributed by atoms with Crippen molar-refractivity contribution in [1.82, 2.24) is 4.98 Å². The molecular formula is C20H19N3O2. The van der Waals surface area contributed by atoms with Crippen molar-refractivity contribution >= 4 is 23.1 Å². The van der Waals surface area contributed by atoms with E-state index < -0.39 is 0 Å². The summed E-state index contributed by atoms with van der Waals surface area (Å²) in [6.45, 7) is 1.95. The number of hydrogen-bond acceptors (Lipinski definition) is 4. The molecule has 2 N–H and O–H groups in total. The van der Waals surface area contributed by atoms with Gasteiger partial charge in [-0.1, -0.05) is 17.7 Å². The molecule has 0 aliphatic carbocycles. The molecule has 0 fully saturated rings. The smallest absolute Gasteiger partial charge is 0.256 e. The zero-order valence-corrected chi connectivity index (χ0v) is 14.1. The fraction of sp³-hybridized carbons (Fsp3) is 0.100. The molecule has 1 amide bonds. The maximum atomic E-state index is 12.2. The average Bonchev–Trinajstić information content (AvgIpc) is 2.64. The highest BCUT2D eigenvalue weighted by atomic mass is 16.5. The maximum absolute atomic E-state index is 12.2. The number of nitrogens with one attached hydrogen (secondary N) is 2. The normalized spacial score (nSPS) is 10.2. The van der Waals surface area contributed by atoms with Crippen LogP contribution in [0.25, 0.3) is 0 Å². The molecule has 0 unspecified atom stereocenters. The van der Waals surface area contributed by atoms with E-state index in [-0.39, 0.29) is 5.91 Å². The minimum atomic E-state index is -0.174. The molecule has 3 aromatic rings. The van der Waals surface area contributed by atoms with Gasteiger partial charge >= 0.3 is 0 Å². The summed E-state index contributed by atoms with van der Waals surface area (Å²) in [6.07, 6.45) is 1.68. The number of carbonyl (C=O) groups is 1. The van der Waals surface area contributed by atoms with Crippen LogP contribution in [0.15, 0.2) is 66.9 Å². The number of methoxy groups -OCH3 is 1. The van der Waals surface area contributed by atoms with E-state index in [0.717, 1.165) is 22.7 Å². The van der Waals surface area contributed by atoms with E-state index in [1.807, 2.05) is 55.5 Å². The predicted molar refractivity (Wildman–Crippen MR) is 99.6 cm³/mol. The molecule has 0 bridgehead atoms. The molecule has 126 valence electrons. The van der Waals surface area contributed by atoms with Gasteiger partial charge in [0, 0.05) is 11.3 Å². The third-order valence-corrected chi connectivity index (χ3v) is 3.66. The van der Waals surface area contributed by atoms with Gasteiger partial charge < -0.3 is 15.4 Å². The lowest BCUT2D eigenvalue weighted by atomic mass is 10.1. The van der Waals surface area contributed by atoms with E-state index in [4.69, 9.17) is 4.74 Å². The van der Waals surface area contributed by atoms with Gasteiger partial charge in [-0.3, -0.25) is 4.79 Å². The van der Waals surface area contributed by atoms with E-state index in [0.29, 0.717) is 11.4 Å². The van der Waals surface area contributed by atoms with Gasteiger partial charge in [0.1, 0.15) is 11.6 Å². The van der Waals surface area contributed by atoms with Crippen LogP contribution in [0.1, 0.15) is 15.9 Å². The average molecular weight is 333 g/mol. The molecule has 5 nitrogen and oxygen atoms in total. The minimum Gasteiger partial charge on any atom is -0.497 e. The Kier molecular flexibility index (Phi) is 4.95. The number of anilines is 3. The lowest BCUT2D eigenvalue weighted by Crippen LogP contribution is -2.13. The zero-order chi connectivity index (χ0) is 17.6. The Hall–Kier alpha value is -3.34. The van der Waals surface area contributed by atoms with E-state index in [1.165, 1.54) is 0 Å². The van der Waals surface area contributed by atoms with Crippen molar-refractivity contribution in [3.63, 3.8) is 0 Å².